The lowest BCUT2D eigenvalue weighted by Crippen LogP contribution is -2.44. The summed E-state index contributed by atoms with van der Waals surface area (Å²) in [6, 6.07) is -0.803. The quantitative estimate of drug-likeness (QED) is 0.533. The van der Waals surface area contributed by atoms with Gasteiger partial charge in [0.2, 0.25) is 5.91 Å². The number of fused-ring (bicyclic) bond motifs is 3. The highest BCUT2D eigenvalue weighted by molar-refractivity contribution is 5.95. The van der Waals surface area contributed by atoms with Crippen LogP contribution in [0.2, 0.25) is 0 Å². The number of carbonyl (C=O) groups excluding carboxylic acids is 3. The van der Waals surface area contributed by atoms with Crippen molar-refractivity contribution in [3.05, 3.63) is 53.8 Å². The van der Waals surface area contributed by atoms with Gasteiger partial charge in [0.1, 0.15) is 18.4 Å². The number of nitrogens with zero attached hydrogens (tertiary/aromatic N) is 3. The zero-order valence-electron chi connectivity index (χ0n) is 24.5. The predicted molar refractivity (Wildman–Crippen MR) is 151 cm³/mol. The summed E-state index contributed by atoms with van der Waals surface area (Å²) in [6.45, 7) is 8.47. The van der Waals surface area contributed by atoms with Crippen molar-refractivity contribution in [1.82, 2.24) is 20.1 Å². The minimum Gasteiger partial charge on any atom is -0.460 e. The van der Waals surface area contributed by atoms with Crippen LogP contribution in [0.4, 0.5) is 0 Å². The van der Waals surface area contributed by atoms with Crippen LogP contribution in [0.15, 0.2) is 46.6 Å². The molecular formula is C30H44N4O6. The highest BCUT2D eigenvalue weighted by Gasteiger charge is 2.38. The normalized spacial score (nSPS) is 28.7. The summed E-state index contributed by atoms with van der Waals surface area (Å²) in [7, 11) is 3.83. The number of hydrogen-bond donors (Lipinski definition) is 2. The van der Waals surface area contributed by atoms with Crippen molar-refractivity contribution in [2.24, 2.45) is 11.8 Å². The highest BCUT2D eigenvalue weighted by atomic mass is 16.5. The van der Waals surface area contributed by atoms with E-state index in [0.717, 1.165) is 5.57 Å². The van der Waals surface area contributed by atoms with E-state index in [2.05, 4.69) is 10.3 Å². The van der Waals surface area contributed by atoms with Crippen LogP contribution in [0.3, 0.4) is 0 Å². The van der Waals surface area contributed by atoms with Gasteiger partial charge in [-0.2, -0.15) is 0 Å². The number of allylic oxidation sites excluding steroid dienone is 2. The Kier molecular flexibility index (Phi) is 11.3. The van der Waals surface area contributed by atoms with Gasteiger partial charge in [-0.05, 0) is 52.3 Å². The van der Waals surface area contributed by atoms with Gasteiger partial charge in [-0.25, -0.2) is 9.78 Å². The molecule has 1 aromatic rings. The Labute approximate surface area is 237 Å². The Hall–Kier alpha value is -3.24. The molecule has 3 rings (SSSR count). The third kappa shape index (κ3) is 8.63. The molecule has 0 radical (unpaired) electrons. The summed E-state index contributed by atoms with van der Waals surface area (Å²) in [6.07, 6.45) is 10.8. The standard InChI is InChI=1S/C30H44N4O6/c1-19(2)28-21(4)11-12-26(36)31-13-7-9-20(3)15-23(35)16-22(33(5)6)17-27-32-24(18-39-27)29(37)34-14-8-10-25(34)30(38)40-28/h7,9,11-12,15,18-19,21-23,25,28,35H,8,10,13-14,16-17H2,1-6H3,(H,31,36)/b9-7?,12-11+,20-15?/t21-,22-,23-,25-,28?/m1/s1. The van der Waals surface area contributed by atoms with Gasteiger partial charge < -0.3 is 29.4 Å². The van der Waals surface area contributed by atoms with Crippen molar-refractivity contribution in [3.8, 4) is 0 Å². The molecule has 2 aliphatic heterocycles. The molecule has 1 saturated heterocycles. The maximum atomic E-state index is 13.4. The second kappa shape index (κ2) is 14.4. The third-order valence-corrected chi connectivity index (χ3v) is 7.42. The Morgan fingerprint density at radius 2 is 1.95 bits per heavy atom. The number of esters is 1. The van der Waals surface area contributed by atoms with Gasteiger partial charge in [0.25, 0.3) is 5.91 Å². The Bertz CT molecular complexity index is 1120. The lowest BCUT2D eigenvalue weighted by atomic mass is 9.94. The number of hydrogen-bond acceptors (Lipinski definition) is 8. The molecule has 10 nitrogen and oxygen atoms in total. The lowest BCUT2D eigenvalue weighted by Gasteiger charge is -2.29. The van der Waals surface area contributed by atoms with Crippen molar-refractivity contribution >= 4 is 17.8 Å². The van der Waals surface area contributed by atoms with E-state index < -0.39 is 24.2 Å². The first-order valence-electron chi connectivity index (χ1n) is 14.1. The fourth-order valence-electron chi connectivity index (χ4n) is 5.16. The second-order valence-electron chi connectivity index (χ2n) is 11.3. The third-order valence-electron chi connectivity index (χ3n) is 7.42. The molecule has 1 fully saturated rings. The lowest BCUT2D eigenvalue weighted by molar-refractivity contribution is -0.158. The summed E-state index contributed by atoms with van der Waals surface area (Å²) in [5.74, 6) is -0.896. The number of aliphatic hydroxyl groups is 1. The van der Waals surface area contributed by atoms with Gasteiger partial charge in [-0.3, -0.25) is 9.59 Å². The first-order valence-corrected chi connectivity index (χ1v) is 14.1. The zero-order valence-corrected chi connectivity index (χ0v) is 24.5. The van der Waals surface area contributed by atoms with Crippen molar-refractivity contribution < 1.29 is 28.6 Å². The molecule has 1 unspecified atom stereocenters. The average molecular weight is 557 g/mol. The van der Waals surface area contributed by atoms with Gasteiger partial charge in [0.05, 0.1) is 6.10 Å². The van der Waals surface area contributed by atoms with Crippen LogP contribution in [0.1, 0.15) is 63.3 Å². The molecule has 5 atom stereocenters. The van der Waals surface area contributed by atoms with Crippen molar-refractivity contribution in [1.29, 1.82) is 0 Å². The van der Waals surface area contributed by atoms with Crippen LogP contribution >= 0.6 is 0 Å². The highest BCUT2D eigenvalue weighted by Crippen LogP contribution is 2.25. The monoisotopic (exact) mass is 556 g/mol. The minimum absolute atomic E-state index is 0.00230. The number of nitrogens with one attached hydrogen (secondary N) is 1. The zero-order chi connectivity index (χ0) is 29.4. The molecule has 10 heteroatoms. The number of aromatic nitrogens is 1. The van der Waals surface area contributed by atoms with Crippen molar-refractivity contribution in [3.63, 3.8) is 0 Å². The smallest absolute Gasteiger partial charge is 0.329 e. The number of likely N-dealkylation sites (N-methyl/N-ethyl adjacent to an activating group) is 1. The van der Waals surface area contributed by atoms with Gasteiger partial charge in [-0.15, -0.1) is 0 Å². The topological polar surface area (TPSA) is 125 Å². The molecule has 2 aliphatic rings. The molecule has 220 valence electrons. The van der Waals surface area contributed by atoms with E-state index in [0.29, 0.717) is 44.7 Å². The molecule has 0 aromatic carbocycles. The van der Waals surface area contributed by atoms with Gasteiger partial charge in [0, 0.05) is 31.5 Å². The largest absolute Gasteiger partial charge is 0.460 e. The summed E-state index contributed by atoms with van der Waals surface area (Å²) >= 11 is 0. The van der Waals surface area contributed by atoms with Crippen LogP contribution in [0, 0.1) is 11.8 Å². The van der Waals surface area contributed by atoms with E-state index >= 15 is 0 Å². The van der Waals surface area contributed by atoms with Crippen LogP contribution < -0.4 is 5.32 Å². The molecule has 3 heterocycles. The second-order valence-corrected chi connectivity index (χ2v) is 11.3. The fourth-order valence-corrected chi connectivity index (χ4v) is 5.16. The molecule has 2 bridgehead atoms. The number of carbonyl (C=O) groups is 3. The molecule has 0 saturated carbocycles. The van der Waals surface area contributed by atoms with E-state index in [1.165, 1.54) is 17.2 Å². The van der Waals surface area contributed by atoms with E-state index in [1.54, 1.807) is 12.2 Å². The first kappa shape index (κ1) is 31.3. The number of rotatable bonds is 2. The maximum Gasteiger partial charge on any atom is 0.329 e. The average Bonchev–Trinajstić information content (AvgIpc) is 3.57. The number of amides is 2. The molecule has 2 amide bonds. The fraction of sp³-hybridized carbons (Fsp3) is 0.600. The SMILES string of the molecule is CC1=C[C@@H](O)C[C@@H](N(C)C)Cc2nc(co2)C(=O)N2CCC[C@@H]2C(=O)OC(C(C)C)[C@H](C)/C=C/C(=O)NCC=C1. The number of oxazole rings is 1. The Morgan fingerprint density at radius 1 is 1.20 bits per heavy atom. The summed E-state index contributed by atoms with van der Waals surface area (Å²) in [5.41, 5.74) is 1.02. The molecular weight excluding hydrogens is 512 g/mol. The van der Waals surface area contributed by atoms with E-state index in [-0.39, 0.29) is 35.4 Å². The summed E-state index contributed by atoms with van der Waals surface area (Å²) < 4.78 is 11.6. The number of aliphatic hydroxyl groups excluding tert-OH is 1. The van der Waals surface area contributed by atoms with Crippen molar-refractivity contribution in [2.45, 2.75) is 77.7 Å². The van der Waals surface area contributed by atoms with Gasteiger partial charge in [-0.1, -0.05) is 50.6 Å². The van der Waals surface area contributed by atoms with Crippen LogP contribution in [-0.2, 0) is 20.7 Å². The first-order chi connectivity index (χ1) is 19.0. The molecule has 1 aromatic heterocycles. The van der Waals surface area contributed by atoms with Crippen LogP contribution in [0.25, 0.3) is 0 Å². The van der Waals surface area contributed by atoms with Gasteiger partial charge >= 0.3 is 5.97 Å². The van der Waals surface area contributed by atoms with Crippen molar-refractivity contribution in [2.75, 3.05) is 27.2 Å². The van der Waals surface area contributed by atoms with Crippen LogP contribution in [0.5, 0.6) is 0 Å². The summed E-state index contributed by atoms with van der Waals surface area (Å²) in [5, 5.41) is 13.5. The summed E-state index contributed by atoms with van der Waals surface area (Å²) in [4.78, 5) is 47.0. The van der Waals surface area contributed by atoms with E-state index in [4.69, 9.17) is 9.15 Å². The predicted octanol–water partition coefficient (Wildman–Crippen LogP) is 2.90. The molecule has 2 N–H and O–H groups in total. The Balaban J connectivity index is 1.89. The number of ether oxygens (including phenoxy) is 1. The number of cyclic esters (lactones) is 1. The molecule has 0 aliphatic carbocycles. The minimum atomic E-state index is -0.709. The molecule has 40 heavy (non-hydrogen) atoms. The van der Waals surface area contributed by atoms with Crippen LogP contribution in [-0.4, -0.2) is 89.2 Å². The van der Waals surface area contributed by atoms with E-state index in [1.807, 2.05) is 58.8 Å². The maximum absolute atomic E-state index is 13.4. The van der Waals surface area contributed by atoms with E-state index in [9.17, 15) is 19.5 Å². The Morgan fingerprint density at radius 3 is 2.65 bits per heavy atom. The molecule has 0 spiro atoms. The van der Waals surface area contributed by atoms with Gasteiger partial charge in [0.15, 0.2) is 11.6 Å².